The van der Waals surface area contributed by atoms with Crippen molar-refractivity contribution in [2.24, 2.45) is 17.3 Å². The molecule has 0 saturated heterocycles. The highest BCUT2D eigenvalue weighted by Crippen LogP contribution is 2.46. The van der Waals surface area contributed by atoms with Gasteiger partial charge in [0.15, 0.2) is 11.6 Å². The van der Waals surface area contributed by atoms with Crippen molar-refractivity contribution in [3.05, 3.63) is 65.7 Å². The fraction of sp³-hybridized carbons (Fsp3) is 0.529. The summed E-state index contributed by atoms with van der Waals surface area (Å²) >= 11 is 0. The molecule has 0 aliphatic heterocycles. The van der Waals surface area contributed by atoms with E-state index in [2.05, 4.69) is 10.6 Å². The number of hydrogen-bond acceptors (Lipinski definition) is 6. The minimum Gasteiger partial charge on any atom is -0.497 e. The molecule has 2 aliphatic carbocycles. The lowest BCUT2D eigenvalue weighted by atomic mass is 9.86. The van der Waals surface area contributed by atoms with Gasteiger partial charge in [0.1, 0.15) is 5.75 Å². The molecule has 2 aromatic rings. The zero-order valence-corrected chi connectivity index (χ0v) is 24.9. The Morgan fingerprint density at radius 2 is 1.52 bits per heavy atom. The molecule has 2 aliphatic rings. The van der Waals surface area contributed by atoms with E-state index in [1.54, 1.807) is 14.0 Å². The number of methoxy groups -OCH3 is 1. The summed E-state index contributed by atoms with van der Waals surface area (Å²) < 4.78 is 5.26. The van der Waals surface area contributed by atoms with Gasteiger partial charge in [0.25, 0.3) is 0 Å². The summed E-state index contributed by atoms with van der Waals surface area (Å²) in [6, 6.07) is 15.5. The van der Waals surface area contributed by atoms with Crippen molar-refractivity contribution in [3.8, 4) is 5.75 Å². The molecule has 4 rings (SSSR count). The molecule has 226 valence electrons. The molecule has 0 heterocycles. The quantitative estimate of drug-likeness (QED) is 0.313. The number of carbonyl (C=O) groups excluding carboxylic acids is 4. The van der Waals surface area contributed by atoms with E-state index < -0.39 is 23.4 Å². The molecule has 2 aromatic carbocycles. The van der Waals surface area contributed by atoms with Crippen LogP contribution in [0.15, 0.2) is 54.6 Å². The Hall–Kier alpha value is -3.52. The number of ether oxygens (including phenoxy) is 1. The van der Waals surface area contributed by atoms with Crippen molar-refractivity contribution in [1.82, 2.24) is 10.6 Å². The smallest absolute Gasteiger partial charge is 0.224 e. The van der Waals surface area contributed by atoms with Crippen LogP contribution in [0.3, 0.4) is 0 Å². The van der Waals surface area contributed by atoms with E-state index in [0.29, 0.717) is 44.3 Å². The fourth-order valence-corrected chi connectivity index (χ4v) is 5.68. The molecular formula is C34H44N2O6. The highest BCUT2D eigenvalue weighted by atomic mass is 16.5. The van der Waals surface area contributed by atoms with Crippen molar-refractivity contribution in [2.75, 3.05) is 7.11 Å². The number of benzene rings is 2. The van der Waals surface area contributed by atoms with Gasteiger partial charge in [0, 0.05) is 23.7 Å². The summed E-state index contributed by atoms with van der Waals surface area (Å²) in [7, 11) is 1.58. The normalized spacial score (nSPS) is 21.3. The average molecular weight is 577 g/mol. The lowest BCUT2D eigenvalue weighted by Gasteiger charge is -2.27. The van der Waals surface area contributed by atoms with Crippen molar-refractivity contribution < 1.29 is 29.0 Å². The van der Waals surface area contributed by atoms with Crippen LogP contribution in [0.4, 0.5) is 0 Å². The molecule has 0 spiro atoms. The van der Waals surface area contributed by atoms with Gasteiger partial charge in [-0.15, -0.1) is 0 Å². The predicted molar refractivity (Wildman–Crippen MR) is 160 cm³/mol. The highest BCUT2D eigenvalue weighted by molar-refractivity contribution is 5.97. The van der Waals surface area contributed by atoms with E-state index in [4.69, 9.17) is 4.74 Å². The van der Waals surface area contributed by atoms with Crippen LogP contribution in [0.5, 0.6) is 5.75 Å². The van der Waals surface area contributed by atoms with Crippen LogP contribution < -0.4 is 15.4 Å². The average Bonchev–Trinajstić information content (AvgIpc) is 3.75. The van der Waals surface area contributed by atoms with E-state index in [9.17, 15) is 24.3 Å². The third kappa shape index (κ3) is 8.51. The van der Waals surface area contributed by atoms with Crippen LogP contribution in [0, 0.1) is 17.3 Å². The maximum atomic E-state index is 13.8. The first-order valence-electron chi connectivity index (χ1n) is 15.1. The molecular weight excluding hydrogens is 532 g/mol. The van der Waals surface area contributed by atoms with Gasteiger partial charge < -0.3 is 20.5 Å². The Morgan fingerprint density at radius 1 is 0.905 bits per heavy atom. The van der Waals surface area contributed by atoms with E-state index in [1.807, 2.05) is 61.5 Å². The second-order valence-electron chi connectivity index (χ2n) is 12.3. The number of amides is 2. The molecule has 0 aromatic heterocycles. The van der Waals surface area contributed by atoms with Crippen LogP contribution >= 0.6 is 0 Å². The Balaban J connectivity index is 1.48. The predicted octanol–water partition coefficient (Wildman–Crippen LogP) is 3.97. The molecule has 42 heavy (non-hydrogen) atoms. The van der Waals surface area contributed by atoms with Gasteiger partial charge in [0.2, 0.25) is 11.8 Å². The van der Waals surface area contributed by atoms with Crippen LogP contribution in [-0.4, -0.2) is 53.8 Å². The lowest BCUT2D eigenvalue weighted by Crippen LogP contribution is -2.49. The van der Waals surface area contributed by atoms with Crippen LogP contribution in [0.2, 0.25) is 0 Å². The largest absolute Gasteiger partial charge is 0.497 e. The third-order valence-electron chi connectivity index (χ3n) is 8.88. The van der Waals surface area contributed by atoms with Gasteiger partial charge in [-0.2, -0.15) is 0 Å². The zero-order chi connectivity index (χ0) is 30.3. The summed E-state index contributed by atoms with van der Waals surface area (Å²) in [5, 5.41) is 15.6. The van der Waals surface area contributed by atoms with Gasteiger partial charge in [-0.05, 0) is 81.5 Å². The summed E-state index contributed by atoms with van der Waals surface area (Å²) in [6.07, 6.45) is 4.17. The number of ketones is 2. The number of Topliss-reactive ketones (excluding diaryl/α,β-unsaturated/α-hetero) is 2. The van der Waals surface area contributed by atoms with Gasteiger partial charge in [-0.1, -0.05) is 49.4 Å². The lowest BCUT2D eigenvalue weighted by molar-refractivity contribution is -0.135. The second-order valence-corrected chi connectivity index (χ2v) is 12.3. The van der Waals surface area contributed by atoms with Crippen molar-refractivity contribution >= 4 is 23.4 Å². The van der Waals surface area contributed by atoms with Crippen molar-refractivity contribution in [3.63, 3.8) is 0 Å². The number of rotatable bonds is 14. The van der Waals surface area contributed by atoms with Crippen LogP contribution in [-0.2, 0) is 32.0 Å². The van der Waals surface area contributed by atoms with E-state index in [0.717, 1.165) is 24.0 Å². The Morgan fingerprint density at radius 3 is 2.12 bits per heavy atom. The number of aliphatic hydroxyl groups is 1. The monoisotopic (exact) mass is 576 g/mol. The molecule has 2 amide bonds. The highest BCUT2D eigenvalue weighted by Gasteiger charge is 2.48. The van der Waals surface area contributed by atoms with Gasteiger partial charge in [0.05, 0.1) is 25.3 Å². The molecule has 2 saturated carbocycles. The first-order chi connectivity index (χ1) is 20.1. The topological polar surface area (TPSA) is 122 Å². The Kier molecular flexibility index (Phi) is 10.5. The van der Waals surface area contributed by atoms with Crippen LogP contribution in [0.1, 0.15) is 69.9 Å². The second kappa shape index (κ2) is 14.1. The van der Waals surface area contributed by atoms with Gasteiger partial charge >= 0.3 is 0 Å². The van der Waals surface area contributed by atoms with Crippen LogP contribution in [0.25, 0.3) is 0 Å². The van der Waals surface area contributed by atoms with Gasteiger partial charge in [-0.3, -0.25) is 19.2 Å². The molecule has 3 atom stereocenters. The molecule has 0 radical (unpaired) electrons. The third-order valence-corrected chi connectivity index (χ3v) is 8.88. The first kappa shape index (κ1) is 31.4. The standard InChI is InChI=1S/C34H44N2O6/c1-22(35-32(40)25-11-13-27(37)14-12-25)30(38)21-26(19-24-9-15-28(42-3)16-10-24)33(41)36-29(31(39)34(2)17-18-34)20-23-7-5-4-6-8-23/h4-10,15-16,22,25-27,29,37H,11-14,17-21H2,1-3H3,(H,35,40)(H,36,41)/t22-,25?,26-,27?,29+/m1/s1. The maximum Gasteiger partial charge on any atom is 0.224 e. The number of nitrogens with one attached hydrogen (secondary N) is 2. The molecule has 8 heteroatoms. The summed E-state index contributed by atoms with van der Waals surface area (Å²) in [5.74, 6) is -1.03. The molecule has 3 N–H and O–H groups in total. The Bertz CT molecular complexity index is 1230. The first-order valence-corrected chi connectivity index (χ1v) is 15.1. The zero-order valence-electron chi connectivity index (χ0n) is 24.9. The van der Waals surface area contributed by atoms with Gasteiger partial charge in [-0.25, -0.2) is 0 Å². The molecule has 0 unspecified atom stereocenters. The van der Waals surface area contributed by atoms with E-state index in [1.165, 1.54) is 0 Å². The fourth-order valence-electron chi connectivity index (χ4n) is 5.68. The summed E-state index contributed by atoms with van der Waals surface area (Å²) in [5.41, 5.74) is 1.39. The Labute approximate surface area is 248 Å². The molecule has 2 fully saturated rings. The SMILES string of the molecule is COc1ccc(C[C@H](CC(=O)[C@@H](C)NC(=O)C2CCC(O)CC2)C(=O)N[C@@H](Cc2ccccc2)C(=O)C2(C)CC2)cc1. The minimum absolute atomic E-state index is 0.0208. The molecule has 0 bridgehead atoms. The van der Waals surface area contributed by atoms with E-state index in [-0.39, 0.29) is 41.8 Å². The number of aliphatic hydroxyl groups excluding tert-OH is 1. The summed E-state index contributed by atoms with van der Waals surface area (Å²) in [6.45, 7) is 3.59. The minimum atomic E-state index is -0.761. The van der Waals surface area contributed by atoms with E-state index >= 15 is 0 Å². The molecule has 8 nitrogen and oxygen atoms in total. The number of hydrogen-bond donors (Lipinski definition) is 3. The van der Waals surface area contributed by atoms with Crippen molar-refractivity contribution in [2.45, 2.75) is 89.8 Å². The number of carbonyl (C=O) groups is 4. The van der Waals surface area contributed by atoms with Crippen molar-refractivity contribution in [1.29, 1.82) is 0 Å². The summed E-state index contributed by atoms with van der Waals surface area (Å²) in [4.78, 5) is 53.5. The maximum absolute atomic E-state index is 13.8.